The largest absolute Gasteiger partial charge is 0.342 e. The molecule has 0 aliphatic heterocycles. The summed E-state index contributed by atoms with van der Waals surface area (Å²) in [7, 11) is 0. The smallest absolute Gasteiger partial charge is 0.226 e. The van der Waals surface area contributed by atoms with E-state index in [0.29, 0.717) is 18.8 Å². The molecule has 0 saturated carbocycles. The first-order chi connectivity index (χ1) is 12.7. The second-order valence-corrected chi connectivity index (χ2v) is 8.11. The molecule has 2 heterocycles. The second kappa shape index (κ2) is 7.51. The molecular weight excluding hydrogens is 341 g/mol. The van der Waals surface area contributed by atoms with Gasteiger partial charge in [0.15, 0.2) is 0 Å². The second-order valence-electron chi connectivity index (χ2n) is 8.11. The highest BCUT2D eigenvalue weighted by atomic mass is 19.1. The number of fused-ring (bicyclic) bond motifs is 1. The highest BCUT2D eigenvalue weighted by Crippen LogP contribution is 2.25. The summed E-state index contributed by atoms with van der Waals surface area (Å²) >= 11 is 0. The zero-order chi connectivity index (χ0) is 19.6. The maximum Gasteiger partial charge on any atom is 0.226 e. The summed E-state index contributed by atoms with van der Waals surface area (Å²) in [6.45, 7) is 8.82. The van der Waals surface area contributed by atoms with E-state index in [-0.39, 0.29) is 17.1 Å². The normalized spacial score (nSPS) is 11.7. The van der Waals surface area contributed by atoms with Crippen LogP contribution in [0.4, 0.5) is 10.2 Å². The molecule has 3 aromatic rings. The molecule has 0 aliphatic carbocycles. The highest BCUT2D eigenvalue weighted by molar-refractivity contribution is 5.92. The van der Waals surface area contributed by atoms with Gasteiger partial charge in [0, 0.05) is 19.2 Å². The molecule has 1 N–H and O–H groups in total. The van der Waals surface area contributed by atoms with Gasteiger partial charge in [-0.3, -0.25) is 4.79 Å². The number of hydrogen-bond acceptors (Lipinski definition) is 2. The van der Waals surface area contributed by atoms with E-state index in [0.717, 1.165) is 28.6 Å². The Morgan fingerprint density at radius 1 is 1.19 bits per heavy atom. The molecule has 0 spiro atoms. The van der Waals surface area contributed by atoms with E-state index in [4.69, 9.17) is 0 Å². The van der Waals surface area contributed by atoms with E-state index >= 15 is 0 Å². The van der Waals surface area contributed by atoms with Gasteiger partial charge in [0.05, 0.1) is 11.0 Å². The van der Waals surface area contributed by atoms with Crippen LogP contribution in [0.15, 0.2) is 42.6 Å². The van der Waals surface area contributed by atoms with E-state index in [1.807, 2.05) is 33.0 Å². The number of rotatable bonds is 5. The van der Waals surface area contributed by atoms with Crippen molar-refractivity contribution in [1.29, 1.82) is 0 Å². The SMILES string of the molecule is CCc1cc2c(ccn2Cc2ccc(F)cc2)nc1NC(=O)CC(C)(C)C. The lowest BCUT2D eigenvalue weighted by Gasteiger charge is -2.18. The topological polar surface area (TPSA) is 46.9 Å². The summed E-state index contributed by atoms with van der Waals surface area (Å²) in [5.74, 6) is 0.385. The number of amides is 1. The number of halogens is 1. The lowest BCUT2D eigenvalue weighted by Crippen LogP contribution is -2.21. The van der Waals surface area contributed by atoms with E-state index < -0.39 is 0 Å². The van der Waals surface area contributed by atoms with Crippen molar-refractivity contribution in [1.82, 2.24) is 9.55 Å². The number of hydrogen-bond donors (Lipinski definition) is 1. The fourth-order valence-corrected chi connectivity index (χ4v) is 3.11. The molecule has 142 valence electrons. The monoisotopic (exact) mass is 367 g/mol. The van der Waals surface area contributed by atoms with Crippen LogP contribution >= 0.6 is 0 Å². The summed E-state index contributed by atoms with van der Waals surface area (Å²) in [6, 6.07) is 10.5. The van der Waals surface area contributed by atoms with Crippen LogP contribution < -0.4 is 5.32 Å². The molecule has 4 nitrogen and oxygen atoms in total. The Morgan fingerprint density at radius 2 is 1.89 bits per heavy atom. The quantitative estimate of drug-likeness (QED) is 0.677. The van der Waals surface area contributed by atoms with Crippen LogP contribution in [0, 0.1) is 11.2 Å². The fraction of sp³-hybridized carbons (Fsp3) is 0.364. The van der Waals surface area contributed by atoms with Gasteiger partial charge < -0.3 is 9.88 Å². The van der Waals surface area contributed by atoms with E-state index in [1.165, 1.54) is 12.1 Å². The Hall–Kier alpha value is -2.69. The zero-order valence-electron chi connectivity index (χ0n) is 16.3. The zero-order valence-corrected chi connectivity index (χ0v) is 16.3. The molecule has 2 aromatic heterocycles. The van der Waals surface area contributed by atoms with Gasteiger partial charge in [0.1, 0.15) is 11.6 Å². The summed E-state index contributed by atoms with van der Waals surface area (Å²) < 4.78 is 15.2. The molecule has 27 heavy (non-hydrogen) atoms. The van der Waals surface area contributed by atoms with Gasteiger partial charge in [0.2, 0.25) is 5.91 Å². The fourth-order valence-electron chi connectivity index (χ4n) is 3.11. The van der Waals surface area contributed by atoms with Crippen LogP contribution in [0.5, 0.6) is 0 Å². The maximum absolute atomic E-state index is 13.1. The summed E-state index contributed by atoms with van der Waals surface area (Å²) in [6.07, 6.45) is 3.19. The lowest BCUT2D eigenvalue weighted by atomic mass is 9.92. The van der Waals surface area contributed by atoms with Gasteiger partial charge in [0.25, 0.3) is 0 Å². The number of anilines is 1. The molecule has 0 unspecified atom stereocenters. The van der Waals surface area contributed by atoms with Gasteiger partial charge in [-0.25, -0.2) is 9.37 Å². The third-order valence-corrected chi connectivity index (χ3v) is 4.43. The van der Waals surface area contributed by atoms with E-state index in [1.54, 1.807) is 12.1 Å². The van der Waals surface area contributed by atoms with Crippen molar-refractivity contribution < 1.29 is 9.18 Å². The minimum absolute atomic E-state index is 0.0187. The van der Waals surface area contributed by atoms with Crippen LogP contribution in [-0.2, 0) is 17.8 Å². The van der Waals surface area contributed by atoms with E-state index in [9.17, 15) is 9.18 Å². The van der Waals surface area contributed by atoms with Crippen molar-refractivity contribution >= 4 is 22.8 Å². The molecule has 1 amide bonds. The minimum atomic E-state index is -0.235. The Bertz CT molecular complexity index is 952. The van der Waals surface area contributed by atoms with Gasteiger partial charge in [-0.1, -0.05) is 39.8 Å². The van der Waals surface area contributed by atoms with Gasteiger partial charge in [-0.2, -0.15) is 0 Å². The van der Waals surface area contributed by atoms with Crippen molar-refractivity contribution in [2.45, 2.75) is 47.1 Å². The molecule has 0 saturated heterocycles. The Morgan fingerprint density at radius 3 is 2.52 bits per heavy atom. The van der Waals surface area contributed by atoms with Gasteiger partial charge in [-0.05, 0) is 47.2 Å². The van der Waals surface area contributed by atoms with Crippen LogP contribution in [-0.4, -0.2) is 15.5 Å². The number of benzene rings is 1. The number of nitrogens with zero attached hydrogens (tertiary/aromatic N) is 2. The number of pyridine rings is 1. The number of nitrogens with one attached hydrogen (secondary N) is 1. The average molecular weight is 367 g/mol. The molecule has 0 bridgehead atoms. The van der Waals surface area contributed by atoms with Crippen molar-refractivity contribution in [2.24, 2.45) is 5.41 Å². The number of aryl methyl sites for hydroxylation is 1. The summed E-state index contributed by atoms with van der Waals surface area (Å²) in [4.78, 5) is 17.0. The van der Waals surface area contributed by atoms with Crippen LogP contribution in [0.3, 0.4) is 0 Å². The molecule has 5 heteroatoms. The molecule has 0 aliphatic rings. The van der Waals surface area contributed by atoms with Crippen molar-refractivity contribution in [2.75, 3.05) is 5.32 Å². The average Bonchev–Trinajstić information content (AvgIpc) is 2.96. The predicted molar refractivity (Wildman–Crippen MR) is 107 cm³/mol. The van der Waals surface area contributed by atoms with Crippen LogP contribution in [0.25, 0.3) is 11.0 Å². The van der Waals surface area contributed by atoms with Crippen LogP contribution in [0.2, 0.25) is 0 Å². The third-order valence-electron chi connectivity index (χ3n) is 4.43. The first-order valence-electron chi connectivity index (χ1n) is 9.28. The van der Waals surface area contributed by atoms with Crippen molar-refractivity contribution in [3.63, 3.8) is 0 Å². The first kappa shape index (κ1) is 19.1. The van der Waals surface area contributed by atoms with Gasteiger partial charge in [-0.15, -0.1) is 0 Å². The maximum atomic E-state index is 13.1. The van der Waals surface area contributed by atoms with E-state index in [2.05, 4.69) is 27.9 Å². The van der Waals surface area contributed by atoms with Gasteiger partial charge >= 0.3 is 0 Å². The molecule has 0 radical (unpaired) electrons. The standard InChI is InChI=1S/C22H26FN3O/c1-5-16-12-19-18(24-21(16)25-20(27)13-22(2,3)4)10-11-26(19)14-15-6-8-17(23)9-7-15/h6-12H,5,13-14H2,1-4H3,(H,24,25,27). The minimum Gasteiger partial charge on any atom is -0.342 e. The molecular formula is C22H26FN3O. The third kappa shape index (κ3) is 4.73. The number of carbonyl (C=O) groups excluding carboxylic acids is 1. The van der Waals surface area contributed by atoms with Crippen LogP contribution in [0.1, 0.15) is 45.2 Å². The predicted octanol–water partition coefficient (Wildman–Crippen LogP) is 5.16. The Labute approximate surface area is 159 Å². The van der Waals surface area contributed by atoms with Crippen molar-refractivity contribution in [3.05, 3.63) is 59.5 Å². The first-order valence-corrected chi connectivity index (χ1v) is 9.28. The molecule has 0 atom stereocenters. The molecule has 0 fully saturated rings. The summed E-state index contributed by atoms with van der Waals surface area (Å²) in [5, 5.41) is 2.97. The molecule has 3 rings (SSSR count). The Balaban J connectivity index is 1.88. The summed E-state index contributed by atoms with van der Waals surface area (Å²) in [5.41, 5.74) is 3.79. The van der Waals surface area contributed by atoms with Crippen molar-refractivity contribution in [3.8, 4) is 0 Å². The molecule has 1 aromatic carbocycles. The number of aromatic nitrogens is 2. The Kier molecular flexibility index (Phi) is 5.31. The highest BCUT2D eigenvalue weighted by Gasteiger charge is 2.18. The lowest BCUT2D eigenvalue weighted by molar-refractivity contribution is -0.117. The number of carbonyl (C=O) groups is 1.